The Balaban J connectivity index is 3.47. The van der Waals surface area contributed by atoms with E-state index in [1.807, 2.05) is 0 Å². The molecule has 21 heavy (non-hydrogen) atoms. The zero-order valence-corrected chi connectivity index (χ0v) is 12.0. The number of hydrogen-bond donors (Lipinski definition) is 0. The van der Waals surface area contributed by atoms with Gasteiger partial charge in [-0.05, 0) is 6.92 Å². The van der Waals surface area contributed by atoms with Crippen LogP contribution in [-0.4, -0.2) is 25.8 Å². The molecule has 0 fully saturated rings. The molecule has 1 aromatic rings. The normalized spacial score (nSPS) is 13.2. The van der Waals surface area contributed by atoms with Crippen LogP contribution < -0.4 is 0 Å². The number of rotatable bonds is 5. The van der Waals surface area contributed by atoms with E-state index in [2.05, 4.69) is 0 Å². The van der Waals surface area contributed by atoms with Crippen molar-refractivity contribution in [2.24, 2.45) is 5.92 Å². The second-order valence-corrected chi connectivity index (χ2v) is 6.16. The molecule has 0 aromatic heterocycles. The van der Waals surface area contributed by atoms with Crippen LogP contribution in [-0.2, 0) is 10.0 Å². The van der Waals surface area contributed by atoms with Gasteiger partial charge in [-0.25, -0.2) is 26.0 Å². The summed E-state index contributed by atoms with van der Waals surface area (Å²) in [7, 11) is -4.81. The van der Waals surface area contributed by atoms with Crippen LogP contribution in [0.1, 0.15) is 13.8 Å². The van der Waals surface area contributed by atoms with Crippen LogP contribution in [0.25, 0.3) is 0 Å². The largest absolute Gasteiger partial charge is 0.249 e. The molecule has 0 N–H and O–H groups in total. The molecule has 4 nitrogen and oxygen atoms in total. The summed E-state index contributed by atoms with van der Waals surface area (Å²) in [6.45, 7) is 2.20. The molecular formula is C12H12F4N2O2S. The van der Waals surface area contributed by atoms with Crippen LogP contribution in [0, 0.1) is 40.5 Å². The lowest BCUT2D eigenvalue weighted by Gasteiger charge is -2.22. The maximum atomic E-state index is 13.6. The van der Waals surface area contributed by atoms with Gasteiger partial charge in [-0.3, -0.25) is 0 Å². The van der Waals surface area contributed by atoms with Crippen LogP contribution >= 0.6 is 0 Å². The second-order valence-electron chi connectivity index (χ2n) is 4.28. The Morgan fingerprint density at radius 3 is 2.10 bits per heavy atom. The van der Waals surface area contributed by atoms with E-state index >= 15 is 0 Å². The van der Waals surface area contributed by atoms with Gasteiger partial charge in [0.05, 0.1) is 12.0 Å². The fourth-order valence-electron chi connectivity index (χ4n) is 1.65. The van der Waals surface area contributed by atoms with E-state index in [1.54, 1.807) is 6.07 Å². The molecule has 0 amide bonds. The average molecular weight is 324 g/mol. The quantitative estimate of drug-likeness (QED) is 0.617. The maximum absolute atomic E-state index is 13.6. The lowest BCUT2D eigenvalue weighted by molar-refractivity contribution is 0.378. The average Bonchev–Trinajstić information content (AvgIpc) is 2.42. The molecule has 0 aliphatic rings. The van der Waals surface area contributed by atoms with Gasteiger partial charge in [0, 0.05) is 19.2 Å². The number of halogens is 4. The van der Waals surface area contributed by atoms with Crippen molar-refractivity contribution >= 4 is 10.0 Å². The summed E-state index contributed by atoms with van der Waals surface area (Å²) >= 11 is 0. The van der Waals surface area contributed by atoms with Gasteiger partial charge in [-0.15, -0.1) is 0 Å². The van der Waals surface area contributed by atoms with E-state index < -0.39 is 44.1 Å². The summed E-state index contributed by atoms with van der Waals surface area (Å²) < 4.78 is 78.4. The number of nitrogens with zero attached hydrogens (tertiary/aromatic N) is 2. The molecule has 1 rings (SSSR count). The molecular weight excluding hydrogens is 312 g/mol. The minimum absolute atomic E-state index is 0.0716. The van der Waals surface area contributed by atoms with Crippen molar-refractivity contribution in [3.05, 3.63) is 29.3 Å². The van der Waals surface area contributed by atoms with Crippen molar-refractivity contribution in [3.63, 3.8) is 0 Å². The van der Waals surface area contributed by atoms with Gasteiger partial charge < -0.3 is 0 Å². The van der Waals surface area contributed by atoms with Crippen LogP contribution in [0.15, 0.2) is 11.0 Å². The summed E-state index contributed by atoms with van der Waals surface area (Å²) in [5, 5.41) is 8.67. The predicted molar refractivity (Wildman–Crippen MR) is 65.5 cm³/mol. The minimum Gasteiger partial charge on any atom is -0.207 e. The Bertz CT molecular complexity index is 659. The summed E-state index contributed by atoms with van der Waals surface area (Å²) in [6.07, 6.45) is 0. The van der Waals surface area contributed by atoms with Gasteiger partial charge in [0.25, 0.3) is 0 Å². The van der Waals surface area contributed by atoms with Crippen molar-refractivity contribution in [3.8, 4) is 6.07 Å². The first-order chi connectivity index (χ1) is 9.66. The highest BCUT2D eigenvalue weighted by atomic mass is 32.2. The molecule has 0 aliphatic heterocycles. The molecule has 1 atom stereocenters. The first kappa shape index (κ1) is 17.4. The molecule has 0 saturated carbocycles. The number of benzene rings is 1. The monoisotopic (exact) mass is 324 g/mol. The van der Waals surface area contributed by atoms with E-state index in [-0.39, 0.29) is 19.2 Å². The summed E-state index contributed by atoms with van der Waals surface area (Å²) in [5.41, 5.74) is 0. The Labute approximate surface area is 119 Å². The van der Waals surface area contributed by atoms with Crippen molar-refractivity contribution in [1.29, 1.82) is 5.26 Å². The lowest BCUT2D eigenvalue weighted by atomic mass is 10.2. The summed E-state index contributed by atoms with van der Waals surface area (Å²) in [6, 6.07) is 1.69. The van der Waals surface area contributed by atoms with Crippen molar-refractivity contribution in [2.45, 2.75) is 18.7 Å². The molecule has 116 valence electrons. The number of nitriles is 1. The molecule has 9 heteroatoms. The molecule has 1 unspecified atom stereocenters. The van der Waals surface area contributed by atoms with Gasteiger partial charge in [-0.1, -0.05) is 6.92 Å². The first-order valence-electron chi connectivity index (χ1n) is 5.89. The second kappa shape index (κ2) is 6.41. The Kier molecular flexibility index (Phi) is 5.31. The predicted octanol–water partition coefficient (Wildman–Crippen LogP) is 2.41. The standard InChI is InChI=1S/C12H12F4N2O2S/c1-3-18(6-7(2)5-17)21(19,20)12-10(15)8(13)4-9(14)11(12)16/h4,7H,3,6H2,1-2H3. The van der Waals surface area contributed by atoms with E-state index in [4.69, 9.17) is 5.26 Å². The molecule has 0 saturated heterocycles. The minimum atomic E-state index is -4.81. The van der Waals surface area contributed by atoms with Gasteiger partial charge in [-0.2, -0.15) is 9.57 Å². The lowest BCUT2D eigenvalue weighted by Crippen LogP contribution is -2.35. The molecule has 1 aromatic carbocycles. The van der Waals surface area contributed by atoms with Crippen LogP contribution in [0.3, 0.4) is 0 Å². The van der Waals surface area contributed by atoms with Crippen LogP contribution in [0.4, 0.5) is 17.6 Å². The van der Waals surface area contributed by atoms with Crippen molar-refractivity contribution < 1.29 is 26.0 Å². The fourth-order valence-corrected chi connectivity index (χ4v) is 3.32. The third kappa shape index (κ3) is 3.33. The van der Waals surface area contributed by atoms with Crippen LogP contribution in [0.2, 0.25) is 0 Å². The van der Waals surface area contributed by atoms with E-state index in [9.17, 15) is 26.0 Å². The maximum Gasteiger partial charge on any atom is 0.249 e. The fraction of sp³-hybridized carbons (Fsp3) is 0.417. The Morgan fingerprint density at radius 1 is 1.24 bits per heavy atom. The third-order valence-electron chi connectivity index (χ3n) is 2.72. The third-order valence-corrected chi connectivity index (χ3v) is 4.68. The molecule has 0 radical (unpaired) electrons. The van der Waals surface area contributed by atoms with Crippen molar-refractivity contribution in [2.75, 3.05) is 13.1 Å². The topological polar surface area (TPSA) is 61.2 Å². The van der Waals surface area contributed by atoms with Gasteiger partial charge in [0.15, 0.2) is 28.2 Å². The molecule has 0 aliphatic carbocycles. The summed E-state index contributed by atoms with van der Waals surface area (Å²) in [5.74, 6) is -8.35. The smallest absolute Gasteiger partial charge is 0.207 e. The Morgan fingerprint density at radius 2 is 1.71 bits per heavy atom. The van der Waals surface area contributed by atoms with Crippen LogP contribution in [0.5, 0.6) is 0 Å². The molecule has 0 heterocycles. The molecule has 0 spiro atoms. The highest BCUT2D eigenvalue weighted by Crippen LogP contribution is 2.27. The zero-order chi connectivity index (χ0) is 16.4. The van der Waals surface area contributed by atoms with Gasteiger partial charge in [0.2, 0.25) is 10.0 Å². The highest BCUT2D eigenvalue weighted by Gasteiger charge is 2.34. The van der Waals surface area contributed by atoms with Gasteiger partial charge >= 0.3 is 0 Å². The van der Waals surface area contributed by atoms with E-state index in [0.29, 0.717) is 4.31 Å². The summed E-state index contributed by atoms with van der Waals surface area (Å²) in [4.78, 5) is -1.69. The Hall–Kier alpha value is -1.66. The van der Waals surface area contributed by atoms with Gasteiger partial charge in [0.1, 0.15) is 0 Å². The SMILES string of the molecule is CCN(CC(C)C#N)S(=O)(=O)c1c(F)c(F)cc(F)c1F. The van der Waals surface area contributed by atoms with Crippen molar-refractivity contribution in [1.82, 2.24) is 4.31 Å². The zero-order valence-electron chi connectivity index (χ0n) is 11.2. The highest BCUT2D eigenvalue weighted by molar-refractivity contribution is 7.89. The molecule has 0 bridgehead atoms. The number of sulfonamides is 1. The first-order valence-corrected chi connectivity index (χ1v) is 7.33. The number of hydrogen-bond acceptors (Lipinski definition) is 3. The van der Waals surface area contributed by atoms with E-state index in [0.717, 1.165) is 0 Å². The van der Waals surface area contributed by atoms with E-state index in [1.165, 1.54) is 13.8 Å².